The molecule has 62 heavy (non-hydrogen) atoms. The standard InChI is InChI=1S/C44H82N6O12/c1-36(19-15-13-11-9-7-5-3-4-6-8-10-12-14-16-21-43(55)56)50-38(44(57)58)22-23-40(52)48-25-27-59-29-32-62-35-42(54)49-26-28-60-30-31-61-34-41(53)47-24-18-17-20-37(46-2)39(51)33-45/h37-38,46,50H,1,3-35,45H2,2H3,(H,47,53)(H,48,52)(H,49,54)(H,55,56)(H,57,58)/t37-,38?/m0/s1. The molecular weight excluding hydrogens is 805 g/mol. The molecule has 0 rings (SSSR count). The van der Waals surface area contributed by atoms with Crippen LogP contribution in [0.4, 0.5) is 0 Å². The number of ketones is 1. The van der Waals surface area contributed by atoms with E-state index in [-0.39, 0.29) is 121 Å². The molecule has 0 aromatic carbocycles. The Morgan fingerprint density at radius 3 is 1.44 bits per heavy atom. The van der Waals surface area contributed by atoms with Crippen LogP contribution in [0.5, 0.6) is 0 Å². The van der Waals surface area contributed by atoms with Gasteiger partial charge in [-0.25, -0.2) is 4.79 Å². The zero-order chi connectivity index (χ0) is 45.9. The molecule has 2 atom stereocenters. The van der Waals surface area contributed by atoms with Gasteiger partial charge in [-0.05, 0) is 52.0 Å². The average molecular weight is 887 g/mol. The van der Waals surface area contributed by atoms with Crippen LogP contribution < -0.4 is 32.3 Å². The maximum absolute atomic E-state index is 12.3. The van der Waals surface area contributed by atoms with Crippen molar-refractivity contribution in [1.82, 2.24) is 26.6 Å². The van der Waals surface area contributed by atoms with Crippen LogP contribution >= 0.6 is 0 Å². The number of carbonyl (C=O) groups is 6. The summed E-state index contributed by atoms with van der Waals surface area (Å²) in [6.45, 7) is 6.22. The monoisotopic (exact) mass is 887 g/mol. The first-order valence-corrected chi connectivity index (χ1v) is 22.9. The lowest BCUT2D eigenvalue weighted by molar-refractivity contribution is -0.140. The molecule has 3 amide bonds. The van der Waals surface area contributed by atoms with E-state index in [0.717, 1.165) is 51.4 Å². The summed E-state index contributed by atoms with van der Waals surface area (Å²) in [6, 6.07) is -1.15. The van der Waals surface area contributed by atoms with Crippen LogP contribution in [0.2, 0.25) is 0 Å². The Bertz CT molecular complexity index is 1210. The third-order valence-electron chi connectivity index (χ3n) is 9.98. The number of ether oxygens (including phenoxy) is 4. The maximum Gasteiger partial charge on any atom is 0.326 e. The molecule has 0 saturated carbocycles. The molecule has 18 nitrogen and oxygen atoms in total. The van der Waals surface area contributed by atoms with Gasteiger partial charge in [-0.3, -0.25) is 24.0 Å². The van der Waals surface area contributed by atoms with Gasteiger partial charge in [0.25, 0.3) is 0 Å². The smallest absolute Gasteiger partial charge is 0.326 e. The Morgan fingerprint density at radius 2 is 0.968 bits per heavy atom. The molecule has 0 spiro atoms. The van der Waals surface area contributed by atoms with Crippen LogP contribution in [0.15, 0.2) is 12.3 Å². The summed E-state index contributed by atoms with van der Waals surface area (Å²) in [7, 11) is 1.72. The summed E-state index contributed by atoms with van der Waals surface area (Å²) in [5.74, 6) is -2.57. The molecule has 0 saturated heterocycles. The molecule has 0 aromatic rings. The maximum atomic E-state index is 12.3. The summed E-state index contributed by atoms with van der Waals surface area (Å²) in [5, 5.41) is 32.4. The van der Waals surface area contributed by atoms with Gasteiger partial charge in [0.05, 0.1) is 52.2 Å². The highest BCUT2D eigenvalue weighted by atomic mass is 16.5. The first kappa shape index (κ1) is 58.3. The molecule has 0 radical (unpaired) electrons. The van der Waals surface area contributed by atoms with E-state index in [4.69, 9.17) is 29.8 Å². The Kier molecular flexibility index (Phi) is 40.1. The van der Waals surface area contributed by atoms with Crippen LogP contribution in [-0.4, -0.2) is 144 Å². The number of rotatable bonds is 47. The van der Waals surface area contributed by atoms with Crippen molar-refractivity contribution in [2.24, 2.45) is 5.73 Å². The molecule has 0 aromatic heterocycles. The minimum atomic E-state index is -1.02. The van der Waals surface area contributed by atoms with E-state index >= 15 is 0 Å². The van der Waals surface area contributed by atoms with Gasteiger partial charge in [0, 0.05) is 38.2 Å². The van der Waals surface area contributed by atoms with Gasteiger partial charge in [0.2, 0.25) is 17.7 Å². The molecule has 0 heterocycles. The van der Waals surface area contributed by atoms with E-state index in [9.17, 15) is 33.9 Å². The second kappa shape index (κ2) is 42.6. The lowest BCUT2D eigenvalue weighted by Crippen LogP contribution is -2.38. The number of carboxylic acids is 2. The molecule has 18 heteroatoms. The summed E-state index contributed by atoms with van der Waals surface area (Å²) >= 11 is 0. The van der Waals surface area contributed by atoms with Crippen molar-refractivity contribution in [2.75, 3.05) is 86.1 Å². The van der Waals surface area contributed by atoms with Gasteiger partial charge < -0.3 is 61.5 Å². The second-order valence-electron chi connectivity index (χ2n) is 15.4. The molecule has 0 aliphatic heterocycles. The Balaban J connectivity index is 3.66. The zero-order valence-corrected chi connectivity index (χ0v) is 37.8. The van der Waals surface area contributed by atoms with Gasteiger partial charge >= 0.3 is 11.9 Å². The highest BCUT2D eigenvalue weighted by Crippen LogP contribution is 2.15. The predicted molar refractivity (Wildman–Crippen MR) is 238 cm³/mol. The molecule has 0 aliphatic carbocycles. The number of allylic oxidation sites excluding steroid dienone is 1. The molecule has 0 aliphatic rings. The van der Waals surface area contributed by atoms with Crippen LogP contribution in [0.25, 0.3) is 0 Å². The molecule has 9 N–H and O–H groups in total. The van der Waals surface area contributed by atoms with Crippen molar-refractivity contribution >= 4 is 35.4 Å². The number of Topliss-reactive ketones (excluding diaryl/α,β-unsaturated/α-hetero) is 1. The van der Waals surface area contributed by atoms with Crippen molar-refractivity contribution in [1.29, 1.82) is 0 Å². The predicted octanol–water partition coefficient (Wildman–Crippen LogP) is 3.35. The normalized spacial score (nSPS) is 12.0. The SMILES string of the molecule is C=C(CCCCCCCCCCCCCCCCC(=O)O)NC(CCC(=O)NCCOCCOCC(=O)NCCOCCOCC(=O)NCCCC[C@H](NC)C(=O)CN)C(=O)O. The fourth-order valence-electron chi connectivity index (χ4n) is 6.38. The zero-order valence-electron chi connectivity index (χ0n) is 37.8. The Labute approximate surface area is 370 Å². The summed E-state index contributed by atoms with van der Waals surface area (Å²) < 4.78 is 21.4. The highest BCUT2D eigenvalue weighted by molar-refractivity contribution is 5.85. The van der Waals surface area contributed by atoms with E-state index in [2.05, 4.69) is 33.2 Å². The molecule has 1 unspecified atom stereocenters. The fourth-order valence-corrected chi connectivity index (χ4v) is 6.38. The van der Waals surface area contributed by atoms with Gasteiger partial charge in [0.1, 0.15) is 19.3 Å². The largest absolute Gasteiger partial charge is 0.481 e. The van der Waals surface area contributed by atoms with Gasteiger partial charge in [0.15, 0.2) is 5.78 Å². The number of carboxylic acid groups (broad SMARTS) is 2. The van der Waals surface area contributed by atoms with Crippen molar-refractivity contribution in [3.05, 3.63) is 12.3 Å². The van der Waals surface area contributed by atoms with Crippen molar-refractivity contribution in [2.45, 2.75) is 147 Å². The molecular formula is C44H82N6O12. The quantitative estimate of drug-likeness (QED) is 0.0408. The number of carbonyl (C=O) groups excluding carboxylic acids is 4. The minimum absolute atomic E-state index is 0.00571. The number of hydrogen-bond acceptors (Lipinski definition) is 13. The van der Waals surface area contributed by atoms with Crippen molar-refractivity contribution < 1.29 is 57.9 Å². The van der Waals surface area contributed by atoms with Crippen molar-refractivity contribution in [3.63, 3.8) is 0 Å². The first-order chi connectivity index (χ1) is 30.0. The lowest BCUT2D eigenvalue weighted by Gasteiger charge is -2.17. The Morgan fingerprint density at radius 1 is 0.516 bits per heavy atom. The molecule has 0 bridgehead atoms. The summed E-state index contributed by atoms with van der Waals surface area (Å²) in [5.41, 5.74) is 6.06. The third kappa shape index (κ3) is 39.2. The van der Waals surface area contributed by atoms with Crippen molar-refractivity contribution in [3.8, 4) is 0 Å². The molecule has 360 valence electrons. The number of amides is 3. The number of unbranched alkanes of at least 4 members (excludes halogenated alkanes) is 14. The van der Waals surface area contributed by atoms with E-state index in [1.807, 2.05) is 0 Å². The topological polar surface area (TPSA) is 266 Å². The molecule has 0 fully saturated rings. The number of likely N-dealkylation sites (N-methyl/N-ethyl adjacent to an activating group) is 1. The van der Waals surface area contributed by atoms with Crippen LogP contribution in [0, 0.1) is 0 Å². The fraction of sp³-hybridized carbons (Fsp3) is 0.818. The van der Waals surface area contributed by atoms with E-state index in [1.165, 1.54) is 51.4 Å². The number of hydrogen-bond donors (Lipinski definition) is 8. The minimum Gasteiger partial charge on any atom is -0.481 e. The first-order valence-electron chi connectivity index (χ1n) is 22.9. The van der Waals surface area contributed by atoms with E-state index in [0.29, 0.717) is 25.1 Å². The lowest BCUT2D eigenvalue weighted by atomic mass is 10.0. The third-order valence-corrected chi connectivity index (χ3v) is 9.98. The van der Waals surface area contributed by atoms with Crippen LogP contribution in [0.3, 0.4) is 0 Å². The number of aliphatic carboxylic acids is 2. The van der Waals surface area contributed by atoms with E-state index in [1.54, 1.807) is 7.05 Å². The van der Waals surface area contributed by atoms with Gasteiger partial charge in [-0.2, -0.15) is 0 Å². The second-order valence-corrected chi connectivity index (χ2v) is 15.4. The Hall–Kier alpha value is -3.68. The van der Waals surface area contributed by atoms with Gasteiger partial charge in [-0.15, -0.1) is 0 Å². The number of nitrogens with one attached hydrogen (secondary N) is 5. The van der Waals surface area contributed by atoms with Crippen LogP contribution in [0.1, 0.15) is 135 Å². The summed E-state index contributed by atoms with van der Waals surface area (Å²) in [4.78, 5) is 70.0. The summed E-state index contributed by atoms with van der Waals surface area (Å²) in [6.07, 6.45) is 19.3. The highest BCUT2D eigenvalue weighted by Gasteiger charge is 2.19. The van der Waals surface area contributed by atoms with Gasteiger partial charge in [-0.1, -0.05) is 83.6 Å². The van der Waals surface area contributed by atoms with Crippen LogP contribution in [-0.2, 0) is 47.7 Å². The number of nitrogens with two attached hydrogens (primary N) is 1. The van der Waals surface area contributed by atoms with E-state index < -0.39 is 18.0 Å². The average Bonchev–Trinajstić information content (AvgIpc) is 3.24.